The third-order valence-corrected chi connectivity index (χ3v) is 3.94. The van der Waals surface area contributed by atoms with E-state index in [4.69, 9.17) is 5.73 Å². The SMILES string of the molecule is Cc1cc(C)c(NC(=O)[C@H](N)Cc2ccccc2)c(Br)c1. The Morgan fingerprint density at radius 3 is 2.52 bits per heavy atom. The smallest absolute Gasteiger partial charge is 0.241 e. The zero-order chi connectivity index (χ0) is 15.4. The van der Waals surface area contributed by atoms with Crippen molar-refractivity contribution < 1.29 is 4.79 Å². The molecule has 1 atom stereocenters. The molecule has 0 heterocycles. The van der Waals surface area contributed by atoms with Crippen LogP contribution in [-0.2, 0) is 11.2 Å². The van der Waals surface area contributed by atoms with Gasteiger partial charge >= 0.3 is 0 Å². The molecule has 3 N–H and O–H groups in total. The minimum absolute atomic E-state index is 0.175. The Morgan fingerprint density at radius 1 is 1.24 bits per heavy atom. The quantitative estimate of drug-likeness (QED) is 0.888. The van der Waals surface area contributed by atoms with Gasteiger partial charge in [-0.1, -0.05) is 36.4 Å². The Kier molecular flexibility index (Phi) is 5.15. The van der Waals surface area contributed by atoms with E-state index in [0.717, 1.165) is 26.9 Å². The second-order valence-corrected chi connectivity index (χ2v) is 6.08. The lowest BCUT2D eigenvalue weighted by atomic mass is 10.1. The first-order chi connectivity index (χ1) is 9.97. The van der Waals surface area contributed by atoms with Crippen molar-refractivity contribution in [3.05, 3.63) is 63.6 Å². The van der Waals surface area contributed by atoms with E-state index >= 15 is 0 Å². The summed E-state index contributed by atoms with van der Waals surface area (Å²) in [4.78, 5) is 12.2. The maximum atomic E-state index is 12.2. The minimum atomic E-state index is -0.569. The standard InChI is InChI=1S/C17H19BrN2O/c1-11-8-12(2)16(14(18)9-11)20-17(21)15(19)10-13-6-4-3-5-7-13/h3-9,15H,10,19H2,1-2H3,(H,20,21)/t15-/m1/s1. The first-order valence-electron chi connectivity index (χ1n) is 6.84. The lowest BCUT2D eigenvalue weighted by Gasteiger charge is -2.15. The summed E-state index contributed by atoms with van der Waals surface area (Å²) in [5, 5.41) is 2.91. The van der Waals surface area contributed by atoms with Crippen LogP contribution in [0.5, 0.6) is 0 Å². The van der Waals surface area contributed by atoms with Gasteiger partial charge in [-0.3, -0.25) is 4.79 Å². The highest BCUT2D eigenvalue weighted by molar-refractivity contribution is 9.10. The number of hydrogen-bond donors (Lipinski definition) is 2. The fraction of sp³-hybridized carbons (Fsp3) is 0.235. The number of benzene rings is 2. The number of hydrogen-bond acceptors (Lipinski definition) is 2. The molecular formula is C17H19BrN2O. The number of carbonyl (C=O) groups is 1. The molecule has 21 heavy (non-hydrogen) atoms. The lowest BCUT2D eigenvalue weighted by molar-refractivity contribution is -0.117. The fourth-order valence-corrected chi connectivity index (χ4v) is 3.02. The average molecular weight is 347 g/mol. The highest BCUT2D eigenvalue weighted by Crippen LogP contribution is 2.27. The van der Waals surface area contributed by atoms with Crippen LogP contribution < -0.4 is 11.1 Å². The molecule has 0 aromatic heterocycles. The van der Waals surface area contributed by atoms with Gasteiger partial charge in [0.25, 0.3) is 0 Å². The van der Waals surface area contributed by atoms with Crippen molar-refractivity contribution in [1.29, 1.82) is 0 Å². The molecule has 0 aliphatic heterocycles. The van der Waals surface area contributed by atoms with Gasteiger partial charge in [0, 0.05) is 4.47 Å². The van der Waals surface area contributed by atoms with E-state index < -0.39 is 6.04 Å². The molecule has 0 radical (unpaired) electrons. The van der Waals surface area contributed by atoms with Crippen molar-refractivity contribution in [3.8, 4) is 0 Å². The minimum Gasteiger partial charge on any atom is -0.323 e. The second kappa shape index (κ2) is 6.87. The van der Waals surface area contributed by atoms with Crippen molar-refractivity contribution in [2.45, 2.75) is 26.3 Å². The summed E-state index contributed by atoms with van der Waals surface area (Å²) in [6.45, 7) is 3.99. The number of rotatable bonds is 4. The molecule has 2 rings (SSSR count). The van der Waals surface area contributed by atoms with Gasteiger partial charge in [0.05, 0.1) is 11.7 Å². The number of halogens is 1. The van der Waals surface area contributed by atoms with Crippen LogP contribution in [0.1, 0.15) is 16.7 Å². The van der Waals surface area contributed by atoms with E-state index in [1.807, 2.05) is 56.3 Å². The molecular weight excluding hydrogens is 328 g/mol. The van der Waals surface area contributed by atoms with Crippen LogP contribution in [0, 0.1) is 13.8 Å². The molecule has 2 aromatic rings. The van der Waals surface area contributed by atoms with Gasteiger partial charge in [-0.2, -0.15) is 0 Å². The van der Waals surface area contributed by atoms with Crippen molar-refractivity contribution in [2.75, 3.05) is 5.32 Å². The largest absolute Gasteiger partial charge is 0.323 e. The molecule has 0 fully saturated rings. The zero-order valence-corrected chi connectivity index (χ0v) is 13.8. The van der Waals surface area contributed by atoms with E-state index in [1.165, 1.54) is 0 Å². The molecule has 4 heteroatoms. The Labute approximate surface area is 133 Å². The topological polar surface area (TPSA) is 55.1 Å². The van der Waals surface area contributed by atoms with E-state index in [1.54, 1.807) is 0 Å². The zero-order valence-electron chi connectivity index (χ0n) is 12.2. The number of nitrogens with one attached hydrogen (secondary N) is 1. The number of aryl methyl sites for hydroxylation is 2. The number of nitrogens with two attached hydrogens (primary N) is 1. The monoisotopic (exact) mass is 346 g/mol. The summed E-state index contributed by atoms with van der Waals surface area (Å²) in [6.07, 6.45) is 0.523. The van der Waals surface area contributed by atoms with Gasteiger partial charge in [0.1, 0.15) is 0 Å². The van der Waals surface area contributed by atoms with Gasteiger partial charge in [-0.05, 0) is 59.0 Å². The molecule has 0 bridgehead atoms. The molecule has 110 valence electrons. The normalized spacial score (nSPS) is 12.0. The van der Waals surface area contributed by atoms with Crippen LogP contribution in [0.15, 0.2) is 46.9 Å². The summed E-state index contributed by atoms with van der Waals surface area (Å²) in [6, 6.07) is 13.2. The molecule has 0 unspecified atom stereocenters. The fourth-order valence-electron chi connectivity index (χ4n) is 2.25. The van der Waals surface area contributed by atoms with Crippen molar-refractivity contribution in [2.24, 2.45) is 5.73 Å². The molecule has 0 aliphatic rings. The molecule has 0 spiro atoms. The summed E-state index contributed by atoms with van der Waals surface area (Å²) in [7, 11) is 0. The van der Waals surface area contributed by atoms with Crippen LogP contribution in [0.25, 0.3) is 0 Å². The van der Waals surface area contributed by atoms with E-state index in [0.29, 0.717) is 6.42 Å². The second-order valence-electron chi connectivity index (χ2n) is 5.22. The molecule has 3 nitrogen and oxygen atoms in total. The molecule has 0 saturated carbocycles. The summed E-state index contributed by atoms with van der Waals surface area (Å²) >= 11 is 3.49. The third-order valence-electron chi connectivity index (χ3n) is 3.32. The number of anilines is 1. The number of carbonyl (C=O) groups excluding carboxylic acids is 1. The van der Waals surface area contributed by atoms with Crippen LogP contribution in [0.2, 0.25) is 0 Å². The van der Waals surface area contributed by atoms with Crippen molar-refractivity contribution in [3.63, 3.8) is 0 Å². The van der Waals surface area contributed by atoms with Gasteiger partial charge in [-0.25, -0.2) is 0 Å². The average Bonchev–Trinajstić information content (AvgIpc) is 2.43. The van der Waals surface area contributed by atoms with E-state index in [2.05, 4.69) is 21.2 Å². The Bertz CT molecular complexity index is 617. The van der Waals surface area contributed by atoms with Crippen LogP contribution in [-0.4, -0.2) is 11.9 Å². The van der Waals surface area contributed by atoms with Crippen molar-refractivity contribution in [1.82, 2.24) is 0 Å². The van der Waals surface area contributed by atoms with Gasteiger partial charge < -0.3 is 11.1 Å². The predicted molar refractivity (Wildman–Crippen MR) is 90.4 cm³/mol. The van der Waals surface area contributed by atoms with Crippen LogP contribution in [0.3, 0.4) is 0 Å². The summed E-state index contributed by atoms with van der Waals surface area (Å²) < 4.78 is 0.875. The van der Waals surface area contributed by atoms with Gasteiger partial charge in [-0.15, -0.1) is 0 Å². The molecule has 0 aliphatic carbocycles. The number of amides is 1. The Balaban J connectivity index is 2.08. The van der Waals surface area contributed by atoms with Gasteiger partial charge in [0.2, 0.25) is 5.91 Å². The molecule has 1 amide bonds. The Hall–Kier alpha value is -1.65. The van der Waals surface area contributed by atoms with Gasteiger partial charge in [0.15, 0.2) is 0 Å². The molecule has 2 aromatic carbocycles. The van der Waals surface area contributed by atoms with E-state index in [-0.39, 0.29) is 5.91 Å². The maximum Gasteiger partial charge on any atom is 0.241 e. The predicted octanol–water partition coefficient (Wildman–Crippen LogP) is 3.57. The lowest BCUT2D eigenvalue weighted by Crippen LogP contribution is -2.37. The third kappa shape index (κ3) is 4.16. The summed E-state index contributed by atoms with van der Waals surface area (Å²) in [5.74, 6) is -0.175. The first-order valence-corrected chi connectivity index (χ1v) is 7.64. The Morgan fingerprint density at radius 2 is 1.90 bits per heavy atom. The molecule has 0 saturated heterocycles. The summed E-state index contributed by atoms with van der Waals surface area (Å²) in [5.41, 5.74) is 10.0. The highest BCUT2D eigenvalue weighted by Gasteiger charge is 2.16. The maximum absolute atomic E-state index is 12.2. The highest BCUT2D eigenvalue weighted by atomic mass is 79.9. The van der Waals surface area contributed by atoms with Crippen molar-refractivity contribution >= 4 is 27.5 Å². The first kappa shape index (κ1) is 15.7. The van der Waals surface area contributed by atoms with Crippen LogP contribution >= 0.6 is 15.9 Å². The van der Waals surface area contributed by atoms with E-state index in [9.17, 15) is 4.79 Å². The van der Waals surface area contributed by atoms with Crippen LogP contribution in [0.4, 0.5) is 5.69 Å².